The Bertz CT molecular complexity index is 1330. The topological polar surface area (TPSA) is 81.4 Å². The van der Waals surface area contributed by atoms with Crippen LogP contribution < -0.4 is 20.1 Å². The highest BCUT2D eigenvalue weighted by Gasteiger charge is 2.22. The minimum Gasteiger partial charge on any atom is -0.493 e. The minimum absolute atomic E-state index is 0.182. The third-order valence-corrected chi connectivity index (χ3v) is 7.30. The van der Waals surface area contributed by atoms with Gasteiger partial charge in [-0.15, -0.1) is 0 Å². The van der Waals surface area contributed by atoms with E-state index in [1.807, 2.05) is 30.3 Å². The molecule has 35 heavy (non-hydrogen) atoms. The van der Waals surface area contributed by atoms with Gasteiger partial charge in [0.15, 0.2) is 5.58 Å². The number of benzene rings is 2. The van der Waals surface area contributed by atoms with Crippen molar-refractivity contribution in [3.63, 3.8) is 0 Å². The molecule has 2 aromatic heterocycles. The van der Waals surface area contributed by atoms with E-state index < -0.39 is 0 Å². The third kappa shape index (κ3) is 4.75. The molecule has 2 N–H and O–H groups in total. The van der Waals surface area contributed by atoms with Crippen molar-refractivity contribution in [3.8, 4) is 11.5 Å². The van der Waals surface area contributed by atoms with Crippen molar-refractivity contribution in [1.29, 1.82) is 0 Å². The average molecular weight is 493 g/mol. The van der Waals surface area contributed by atoms with E-state index in [-0.39, 0.29) is 6.10 Å². The van der Waals surface area contributed by atoms with Gasteiger partial charge in [0, 0.05) is 23.6 Å². The number of halogens is 1. The molecule has 1 saturated heterocycles. The smallest absolute Gasteiger partial charge is 0.158 e. The summed E-state index contributed by atoms with van der Waals surface area (Å²) < 4.78 is 18.4. The second-order valence-electron chi connectivity index (χ2n) is 9.38. The van der Waals surface area contributed by atoms with Crippen LogP contribution in [0.15, 0.2) is 47.3 Å². The van der Waals surface area contributed by atoms with Gasteiger partial charge < -0.3 is 24.5 Å². The second-order valence-corrected chi connectivity index (χ2v) is 9.79. The molecule has 4 aromatic rings. The highest BCUT2D eigenvalue weighted by molar-refractivity contribution is 6.35. The Labute approximate surface area is 209 Å². The standard InChI is InChI=1S/C27H29ClN4O3/c28-21-8-7-17-9-12-34-26(17)25(21)32-27-24-22(30-16-31-27)14-20(33-13-10-18-4-3-11-29-18)15-23(24)35-19-5-1-2-6-19/h7-9,12,14-16,18-19,29H,1-6,10-11,13H2,(H,30,31,32). The lowest BCUT2D eigenvalue weighted by atomic mass is 10.1. The highest BCUT2D eigenvalue weighted by Crippen LogP contribution is 2.40. The minimum atomic E-state index is 0.182. The fourth-order valence-electron chi connectivity index (χ4n) is 5.15. The lowest BCUT2D eigenvalue weighted by Gasteiger charge is -2.19. The monoisotopic (exact) mass is 492 g/mol. The van der Waals surface area contributed by atoms with Crippen LogP contribution in [0.4, 0.5) is 11.5 Å². The first-order valence-corrected chi connectivity index (χ1v) is 12.9. The number of anilines is 2. The third-order valence-electron chi connectivity index (χ3n) is 6.98. The molecule has 7 nitrogen and oxygen atoms in total. The van der Waals surface area contributed by atoms with Crippen LogP contribution in [0.1, 0.15) is 44.9 Å². The van der Waals surface area contributed by atoms with Crippen molar-refractivity contribution in [2.75, 3.05) is 18.5 Å². The maximum atomic E-state index is 6.55. The van der Waals surface area contributed by atoms with E-state index in [2.05, 4.69) is 20.6 Å². The van der Waals surface area contributed by atoms with Gasteiger partial charge in [0.25, 0.3) is 0 Å². The van der Waals surface area contributed by atoms with Gasteiger partial charge in [-0.25, -0.2) is 9.97 Å². The molecule has 0 radical (unpaired) electrons. The Balaban J connectivity index is 1.35. The zero-order valence-electron chi connectivity index (χ0n) is 19.6. The molecular formula is C27H29ClN4O3. The number of rotatable bonds is 8. The number of hydrogen-bond donors (Lipinski definition) is 2. The molecule has 1 atom stereocenters. The quantitative estimate of drug-likeness (QED) is 0.286. The molecule has 0 bridgehead atoms. The zero-order valence-corrected chi connectivity index (χ0v) is 20.3. The summed E-state index contributed by atoms with van der Waals surface area (Å²) in [5.41, 5.74) is 2.11. The lowest BCUT2D eigenvalue weighted by Crippen LogP contribution is -2.23. The normalized spacial score (nSPS) is 18.5. The number of hydrogen-bond acceptors (Lipinski definition) is 7. The summed E-state index contributed by atoms with van der Waals surface area (Å²) in [5.74, 6) is 2.11. The van der Waals surface area contributed by atoms with E-state index in [0.717, 1.165) is 53.6 Å². The molecule has 1 saturated carbocycles. The maximum absolute atomic E-state index is 6.55. The fourth-order valence-corrected chi connectivity index (χ4v) is 5.35. The van der Waals surface area contributed by atoms with Gasteiger partial charge >= 0.3 is 0 Å². The van der Waals surface area contributed by atoms with Gasteiger partial charge in [-0.2, -0.15) is 0 Å². The summed E-state index contributed by atoms with van der Waals surface area (Å²) in [6.07, 6.45) is 11.3. The SMILES string of the molecule is Clc1ccc2ccoc2c1Nc1ncnc2cc(OCCC3CCCN3)cc(OC3CCCC3)c12. The van der Waals surface area contributed by atoms with Gasteiger partial charge in [-0.05, 0) is 69.7 Å². The van der Waals surface area contributed by atoms with Gasteiger partial charge in [-0.3, -0.25) is 0 Å². The molecule has 2 aliphatic rings. The number of nitrogens with zero attached hydrogens (tertiary/aromatic N) is 2. The first kappa shape index (κ1) is 22.4. The van der Waals surface area contributed by atoms with Crippen LogP contribution >= 0.6 is 11.6 Å². The lowest BCUT2D eigenvalue weighted by molar-refractivity contribution is 0.211. The number of ether oxygens (including phenoxy) is 2. The Hall–Kier alpha value is -3.03. The van der Waals surface area contributed by atoms with Crippen molar-refractivity contribution < 1.29 is 13.9 Å². The van der Waals surface area contributed by atoms with E-state index in [1.54, 1.807) is 12.6 Å². The Kier molecular flexibility index (Phi) is 6.35. The molecule has 2 fully saturated rings. The molecule has 182 valence electrons. The van der Waals surface area contributed by atoms with Crippen LogP contribution in [0.5, 0.6) is 11.5 Å². The Morgan fingerprint density at radius 3 is 2.86 bits per heavy atom. The molecule has 0 amide bonds. The van der Waals surface area contributed by atoms with Crippen molar-refractivity contribution in [3.05, 3.63) is 47.9 Å². The Morgan fingerprint density at radius 1 is 1.09 bits per heavy atom. The van der Waals surface area contributed by atoms with E-state index in [1.165, 1.54) is 25.7 Å². The van der Waals surface area contributed by atoms with Crippen LogP contribution in [0.3, 0.4) is 0 Å². The molecular weight excluding hydrogens is 464 g/mol. The van der Waals surface area contributed by atoms with E-state index >= 15 is 0 Å². The van der Waals surface area contributed by atoms with Crippen LogP contribution in [0, 0.1) is 0 Å². The summed E-state index contributed by atoms with van der Waals surface area (Å²) in [6.45, 7) is 1.75. The molecule has 1 unspecified atom stereocenters. The molecule has 1 aliphatic heterocycles. The molecule has 1 aliphatic carbocycles. The predicted octanol–water partition coefficient (Wildman–Crippen LogP) is 6.62. The number of nitrogens with one attached hydrogen (secondary N) is 2. The summed E-state index contributed by atoms with van der Waals surface area (Å²) in [5, 5.41) is 9.26. The zero-order chi connectivity index (χ0) is 23.6. The fraction of sp³-hybridized carbons (Fsp3) is 0.407. The molecule has 0 spiro atoms. The number of furan rings is 1. The summed E-state index contributed by atoms with van der Waals surface area (Å²) in [6, 6.07) is 10.2. The average Bonchev–Trinajstić information content (AvgIpc) is 3.64. The van der Waals surface area contributed by atoms with Gasteiger partial charge in [0.1, 0.15) is 29.3 Å². The molecule has 2 aromatic carbocycles. The van der Waals surface area contributed by atoms with E-state index in [0.29, 0.717) is 34.8 Å². The van der Waals surface area contributed by atoms with Crippen molar-refractivity contribution >= 4 is 45.0 Å². The predicted molar refractivity (Wildman–Crippen MR) is 138 cm³/mol. The van der Waals surface area contributed by atoms with Gasteiger partial charge in [0.05, 0.1) is 34.9 Å². The van der Waals surface area contributed by atoms with E-state index in [4.69, 9.17) is 25.5 Å². The van der Waals surface area contributed by atoms with Crippen LogP contribution in [-0.2, 0) is 0 Å². The Morgan fingerprint density at radius 2 is 2.00 bits per heavy atom. The molecule has 8 heteroatoms. The number of aromatic nitrogens is 2. The first-order valence-electron chi connectivity index (χ1n) is 12.5. The maximum Gasteiger partial charge on any atom is 0.158 e. The van der Waals surface area contributed by atoms with Crippen molar-refractivity contribution in [2.45, 2.75) is 57.1 Å². The second kappa shape index (κ2) is 9.91. The largest absolute Gasteiger partial charge is 0.493 e. The van der Waals surface area contributed by atoms with Crippen molar-refractivity contribution in [1.82, 2.24) is 15.3 Å². The highest BCUT2D eigenvalue weighted by atomic mass is 35.5. The van der Waals surface area contributed by atoms with Crippen LogP contribution in [-0.4, -0.2) is 35.3 Å². The molecule has 3 heterocycles. The van der Waals surface area contributed by atoms with Crippen LogP contribution in [0.25, 0.3) is 21.9 Å². The summed E-state index contributed by atoms with van der Waals surface area (Å²) in [7, 11) is 0. The first-order chi connectivity index (χ1) is 17.2. The van der Waals surface area contributed by atoms with Crippen LogP contribution in [0.2, 0.25) is 5.02 Å². The summed E-state index contributed by atoms with van der Waals surface area (Å²) >= 11 is 6.55. The van der Waals surface area contributed by atoms with E-state index in [9.17, 15) is 0 Å². The number of fused-ring (bicyclic) bond motifs is 2. The summed E-state index contributed by atoms with van der Waals surface area (Å²) in [4.78, 5) is 9.12. The van der Waals surface area contributed by atoms with Gasteiger partial charge in [0.2, 0.25) is 0 Å². The van der Waals surface area contributed by atoms with Gasteiger partial charge in [-0.1, -0.05) is 11.6 Å². The van der Waals surface area contributed by atoms with Crippen molar-refractivity contribution in [2.24, 2.45) is 0 Å². The molecule has 6 rings (SSSR count).